The monoisotopic (exact) mass is 556 g/mol. The minimum absolute atomic E-state index is 0.200. The summed E-state index contributed by atoms with van der Waals surface area (Å²) in [7, 11) is 0. The van der Waals surface area contributed by atoms with Crippen LogP contribution in [0.25, 0.3) is 11.1 Å². The SMILES string of the molecule is Cc1cccc2c1N1c3ccccc3C(C)(C)c3ccc(N(c4ccccc4)c4ccc(-c5ccccc5)cc4)c(c31)O2. The second kappa shape index (κ2) is 9.64. The highest BCUT2D eigenvalue weighted by molar-refractivity contribution is 5.98. The van der Waals surface area contributed by atoms with Gasteiger partial charge in [0, 0.05) is 16.8 Å². The van der Waals surface area contributed by atoms with Crippen molar-refractivity contribution in [3.05, 3.63) is 156 Å². The third-order valence-corrected chi connectivity index (χ3v) is 8.95. The van der Waals surface area contributed by atoms with Crippen molar-refractivity contribution >= 4 is 34.1 Å². The Labute approximate surface area is 253 Å². The Hall–Kier alpha value is -5.28. The number of nitrogens with zero attached hydrogens (tertiary/aromatic N) is 2. The lowest BCUT2D eigenvalue weighted by atomic mass is 9.73. The lowest BCUT2D eigenvalue weighted by Gasteiger charge is -2.46. The van der Waals surface area contributed by atoms with Crippen LogP contribution in [0.3, 0.4) is 0 Å². The van der Waals surface area contributed by atoms with Crippen LogP contribution >= 0.6 is 0 Å². The summed E-state index contributed by atoms with van der Waals surface area (Å²) in [6.07, 6.45) is 0. The first-order chi connectivity index (χ1) is 21.0. The zero-order chi connectivity index (χ0) is 29.1. The summed E-state index contributed by atoms with van der Waals surface area (Å²) in [6, 6.07) is 49.6. The molecule has 0 N–H and O–H groups in total. The van der Waals surface area contributed by atoms with Crippen molar-refractivity contribution in [3.63, 3.8) is 0 Å². The van der Waals surface area contributed by atoms with E-state index in [0.29, 0.717) is 0 Å². The van der Waals surface area contributed by atoms with Crippen molar-refractivity contribution in [1.29, 1.82) is 0 Å². The third-order valence-electron chi connectivity index (χ3n) is 8.95. The van der Waals surface area contributed by atoms with E-state index in [4.69, 9.17) is 4.74 Å². The predicted molar refractivity (Wildman–Crippen MR) is 178 cm³/mol. The number of hydrogen-bond donors (Lipinski definition) is 0. The predicted octanol–water partition coefficient (Wildman–Crippen LogP) is 11.3. The summed E-state index contributed by atoms with van der Waals surface area (Å²) in [6.45, 7) is 6.82. The maximum atomic E-state index is 6.98. The lowest BCUT2D eigenvalue weighted by Crippen LogP contribution is -2.33. The Morgan fingerprint density at radius 3 is 1.98 bits per heavy atom. The standard InChI is InChI=1S/C40H32N2O/c1-27-13-12-20-36-37(27)42-34-19-11-10-18-32(34)40(2,3)33-25-26-35(39(43-36)38(33)42)41(30-16-8-5-9-17-30)31-23-21-29(22-24-31)28-14-6-4-7-15-28/h4-26H,1-3H3. The molecule has 0 saturated heterocycles. The van der Waals surface area contributed by atoms with E-state index < -0.39 is 0 Å². The summed E-state index contributed by atoms with van der Waals surface area (Å²) in [5.74, 6) is 1.74. The molecule has 2 aliphatic rings. The van der Waals surface area contributed by atoms with Gasteiger partial charge >= 0.3 is 0 Å². The molecule has 0 aromatic heterocycles. The molecule has 0 saturated carbocycles. The van der Waals surface area contributed by atoms with Gasteiger partial charge in [0.25, 0.3) is 0 Å². The van der Waals surface area contributed by atoms with Crippen LogP contribution in [0.15, 0.2) is 140 Å². The maximum Gasteiger partial charge on any atom is 0.175 e. The van der Waals surface area contributed by atoms with Crippen molar-refractivity contribution in [2.75, 3.05) is 9.80 Å². The number of ether oxygens (including phenoxy) is 1. The Bertz CT molecular complexity index is 1980. The molecule has 43 heavy (non-hydrogen) atoms. The van der Waals surface area contributed by atoms with E-state index in [1.54, 1.807) is 0 Å². The average Bonchev–Trinajstić information content (AvgIpc) is 3.05. The molecule has 0 spiro atoms. The van der Waals surface area contributed by atoms with Gasteiger partial charge < -0.3 is 14.5 Å². The molecule has 6 aromatic carbocycles. The Kier molecular flexibility index (Phi) is 5.70. The van der Waals surface area contributed by atoms with Crippen molar-refractivity contribution in [2.24, 2.45) is 0 Å². The minimum atomic E-state index is -0.200. The smallest absolute Gasteiger partial charge is 0.175 e. The molecule has 2 aliphatic heterocycles. The number of benzene rings is 6. The van der Waals surface area contributed by atoms with Gasteiger partial charge in [0.1, 0.15) is 0 Å². The Morgan fingerprint density at radius 1 is 0.558 bits per heavy atom. The van der Waals surface area contributed by atoms with Gasteiger partial charge in [-0.1, -0.05) is 111 Å². The summed E-state index contributed by atoms with van der Waals surface area (Å²) >= 11 is 0. The molecule has 6 aromatic rings. The van der Waals surface area contributed by atoms with Gasteiger partial charge in [0.2, 0.25) is 0 Å². The molecule has 8 rings (SSSR count). The van der Waals surface area contributed by atoms with E-state index in [1.807, 2.05) is 0 Å². The van der Waals surface area contributed by atoms with E-state index in [-0.39, 0.29) is 5.41 Å². The fraction of sp³-hybridized carbons (Fsp3) is 0.100. The number of aryl methyl sites for hydroxylation is 1. The van der Waals surface area contributed by atoms with Gasteiger partial charge in [-0.25, -0.2) is 0 Å². The van der Waals surface area contributed by atoms with Crippen molar-refractivity contribution in [2.45, 2.75) is 26.2 Å². The highest BCUT2D eigenvalue weighted by Gasteiger charge is 2.43. The fourth-order valence-electron chi connectivity index (χ4n) is 6.81. The Morgan fingerprint density at radius 2 is 1.21 bits per heavy atom. The van der Waals surface area contributed by atoms with E-state index in [2.05, 4.69) is 170 Å². The van der Waals surface area contributed by atoms with Crippen LogP contribution in [-0.4, -0.2) is 0 Å². The fourth-order valence-corrected chi connectivity index (χ4v) is 6.81. The third kappa shape index (κ3) is 3.89. The summed E-state index contributed by atoms with van der Waals surface area (Å²) in [5, 5.41) is 0. The molecule has 0 amide bonds. The summed E-state index contributed by atoms with van der Waals surface area (Å²) in [4.78, 5) is 4.75. The van der Waals surface area contributed by atoms with E-state index in [9.17, 15) is 0 Å². The van der Waals surface area contributed by atoms with E-state index >= 15 is 0 Å². The molecule has 3 heteroatoms. The molecule has 208 valence electrons. The molecule has 0 unspecified atom stereocenters. The van der Waals surface area contributed by atoms with Crippen LogP contribution < -0.4 is 14.5 Å². The first kappa shape index (κ1) is 25.4. The molecule has 0 atom stereocenters. The van der Waals surface area contributed by atoms with Crippen LogP contribution in [0.1, 0.15) is 30.5 Å². The van der Waals surface area contributed by atoms with E-state index in [0.717, 1.165) is 39.9 Å². The van der Waals surface area contributed by atoms with Gasteiger partial charge in [0.15, 0.2) is 11.5 Å². The average molecular weight is 557 g/mol. The number of anilines is 6. The number of para-hydroxylation sites is 3. The second-order valence-corrected chi connectivity index (χ2v) is 11.9. The molecule has 0 radical (unpaired) electrons. The molecule has 2 heterocycles. The minimum Gasteiger partial charge on any atom is -0.451 e. The molecular weight excluding hydrogens is 524 g/mol. The first-order valence-electron chi connectivity index (χ1n) is 14.9. The van der Waals surface area contributed by atoms with Gasteiger partial charge in [-0.3, -0.25) is 0 Å². The zero-order valence-electron chi connectivity index (χ0n) is 24.6. The molecular formula is C40H32N2O. The highest BCUT2D eigenvalue weighted by Crippen LogP contribution is 2.63. The van der Waals surface area contributed by atoms with Gasteiger partial charge in [0.05, 0.1) is 22.7 Å². The van der Waals surface area contributed by atoms with Crippen LogP contribution in [0, 0.1) is 6.92 Å². The lowest BCUT2D eigenvalue weighted by molar-refractivity contribution is 0.472. The van der Waals surface area contributed by atoms with Crippen molar-refractivity contribution < 1.29 is 4.74 Å². The number of hydrogen-bond acceptors (Lipinski definition) is 3. The van der Waals surface area contributed by atoms with E-state index in [1.165, 1.54) is 33.5 Å². The van der Waals surface area contributed by atoms with Crippen LogP contribution in [0.2, 0.25) is 0 Å². The molecule has 0 fully saturated rings. The van der Waals surface area contributed by atoms with Crippen LogP contribution in [0.5, 0.6) is 11.5 Å². The van der Waals surface area contributed by atoms with Crippen molar-refractivity contribution in [3.8, 4) is 22.6 Å². The maximum absolute atomic E-state index is 6.98. The van der Waals surface area contributed by atoms with Gasteiger partial charge in [-0.05, 0) is 77.2 Å². The van der Waals surface area contributed by atoms with Crippen LogP contribution in [0.4, 0.5) is 34.1 Å². The number of fused-ring (bicyclic) bond motifs is 4. The number of rotatable bonds is 4. The zero-order valence-corrected chi connectivity index (χ0v) is 24.6. The van der Waals surface area contributed by atoms with Gasteiger partial charge in [-0.2, -0.15) is 0 Å². The summed E-state index contributed by atoms with van der Waals surface area (Å²) in [5.41, 5.74) is 12.5. The second-order valence-electron chi connectivity index (χ2n) is 11.9. The van der Waals surface area contributed by atoms with Crippen LogP contribution in [-0.2, 0) is 5.41 Å². The van der Waals surface area contributed by atoms with Gasteiger partial charge in [-0.15, -0.1) is 0 Å². The highest BCUT2D eigenvalue weighted by atomic mass is 16.5. The molecule has 3 nitrogen and oxygen atoms in total. The first-order valence-corrected chi connectivity index (χ1v) is 14.9. The Balaban J connectivity index is 1.38. The normalized spacial score (nSPS) is 13.8. The van der Waals surface area contributed by atoms with Crippen molar-refractivity contribution in [1.82, 2.24) is 0 Å². The molecule has 0 bridgehead atoms. The molecule has 0 aliphatic carbocycles. The topological polar surface area (TPSA) is 15.7 Å². The summed E-state index contributed by atoms with van der Waals surface area (Å²) < 4.78 is 6.98. The quantitative estimate of drug-likeness (QED) is 0.214. The largest absolute Gasteiger partial charge is 0.451 e.